The predicted molar refractivity (Wildman–Crippen MR) is 80.5 cm³/mol. The molecule has 1 heterocycles. The molecule has 0 radical (unpaired) electrons. The molecule has 1 aromatic heterocycles. The zero-order chi connectivity index (χ0) is 14.9. The van der Waals surface area contributed by atoms with Crippen molar-refractivity contribution in [3.05, 3.63) is 34.4 Å². The van der Waals surface area contributed by atoms with Gasteiger partial charge in [-0.05, 0) is 31.9 Å². The topological polar surface area (TPSA) is 60.9 Å². The lowest BCUT2D eigenvalue weighted by Gasteiger charge is -2.09. The van der Waals surface area contributed by atoms with E-state index in [0.717, 1.165) is 23.0 Å². The summed E-state index contributed by atoms with van der Waals surface area (Å²) in [6.45, 7) is 6.28. The number of aryl methyl sites for hydroxylation is 3. The minimum atomic E-state index is 0.247. The van der Waals surface area contributed by atoms with Gasteiger partial charge in [-0.1, -0.05) is 23.6 Å². The Bertz CT molecular complexity index is 697. The molecule has 0 unspecified atom stereocenters. The van der Waals surface area contributed by atoms with E-state index in [1.807, 2.05) is 20.8 Å². The van der Waals surface area contributed by atoms with Crippen LogP contribution in [0.15, 0.2) is 12.1 Å². The largest absolute Gasteiger partial charge is 0.383 e. The number of aldehydes is 1. The Labute approximate surface area is 118 Å². The normalized spacial score (nSPS) is 10.3. The minimum absolute atomic E-state index is 0.247. The second kappa shape index (κ2) is 5.22. The number of rotatable bonds is 3. The van der Waals surface area contributed by atoms with E-state index >= 15 is 0 Å². The van der Waals surface area contributed by atoms with Gasteiger partial charge in [-0.25, -0.2) is 4.68 Å². The number of carbonyl (C=O) groups is 1. The summed E-state index contributed by atoms with van der Waals surface area (Å²) in [5.41, 5.74) is 11.2. The van der Waals surface area contributed by atoms with Gasteiger partial charge in [0.25, 0.3) is 0 Å². The van der Waals surface area contributed by atoms with Crippen molar-refractivity contribution in [2.75, 3.05) is 5.73 Å². The van der Waals surface area contributed by atoms with Gasteiger partial charge in [0.15, 0.2) is 6.29 Å². The fraction of sp³-hybridized carbons (Fsp3) is 0.250. The highest BCUT2D eigenvalue weighted by molar-refractivity contribution is 5.93. The molecule has 0 amide bonds. The molecule has 2 N–H and O–H groups in total. The van der Waals surface area contributed by atoms with E-state index in [1.54, 1.807) is 0 Å². The molecule has 102 valence electrons. The van der Waals surface area contributed by atoms with Crippen LogP contribution in [0.4, 0.5) is 5.82 Å². The molecular formula is C16H17N3O. The lowest BCUT2D eigenvalue weighted by Crippen LogP contribution is -2.03. The van der Waals surface area contributed by atoms with E-state index in [1.165, 1.54) is 10.2 Å². The van der Waals surface area contributed by atoms with Crippen LogP contribution in [0.1, 0.15) is 27.0 Å². The van der Waals surface area contributed by atoms with Gasteiger partial charge < -0.3 is 5.73 Å². The summed E-state index contributed by atoms with van der Waals surface area (Å²) in [4.78, 5) is 11.3. The minimum Gasteiger partial charge on any atom is -0.383 e. The number of hydrogen-bond donors (Lipinski definition) is 1. The van der Waals surface area contributed by atoms with Gasteiger partial charge in [-0.2, -0.15) is 5.10 Å². The van der Waals surface area contributed by atoms with E-state index in [9.17, 15) is 4.79 Å². The number of benzene rings is 1. The summed E-state index contributed by atoms with van der Waals surface area (Å²) in [6.07, 6.45) is 6.03. The number of terminal acetylenes is 1. The van der Waals surface area contributed by atoms with Gasteiger partial charge in [0.05, 0.1) is 5.56 Å². The summed E-state index contributed by atoms with van der Waals surface area (Å²) >= 11 is 0. The maximum atomic E-state index is 11.3. The number of nitrogens with two attached hydrogens (primary N) is 1. The quantitative estimate of drug-likeness (QED) is 0.686. The van der Waals surface area contributed by atoms with Gasteiger partial charge in [0.1, 0.15) is 18.1 Å². The number of nitrogens with zero attached hydrogens (tertiary/aromatic N) is 2. The highest BCUT2D eigenvalue weighted by Gasteiger charge is 2.19. The smallest absolute Gasteiger partial charge is 0.156 e. The summed E-state index contributed by atoms with van der Waals surface area (Å²) in [5, 5.41) is 4.41. The SMILES string of the molecule is C#CCn1nc(-c2c(C)cc(C)cc2C)c(C=O)c1N. The zero-order valence-electron chi connectivity index (χ0n) is 11.9. The lowest BCUT2D eigenvalue weighted by atomic mass is 9.95. The van der Waals surface area contributed by atoms with Crippen LogP contribution in [0, 0.1) is 33.1 Å². The first-order chi connectivity index (χ1) is 9.49. The van der Waals surface area contributed by atoms with Crippen molar-refractivity contribution < 1.29 is 4.79 Å². The maximum absolute atomic E-state index is 11.3. The molecule has 20 heavy (non-hydrogen) atoms. The third kappa shape index (κ3) is 2.19. The van der Waals surface area contributed by atoms with Crippen LogP contribution < -0.4 is 5.73 Å². The second-order valence-electron chi connectivity index (χ2n) is 4.90. The van der Waals surface area contributed by atoms with Crippen molar-refractivity contribution >= 4 is 12.1 Å². The Morgan fingerprint density at radius 2 is 1.95 bits per heavy atom. The zero-order valence-corrected chi connectivity index (χ0v) is 11.9. The van der Waals surface area contributed by atoms with Crippen LogP contribution in [0.2, 0.25) is 0 Å². The highest BCUT2D eigenvalue weighted by atomic mass is 16.1. The third-order valence-electron chi connectivity index (χ3n) is 3.30. The first kappa shape index (κ1) is 13.9. The molecule has 4 nitrogen and oxygen atoms in total. The average molecular weight is 267 g/mol. The molecule has 0 atom stereocenters. The molecule has 0 spiro atoms. The van der Waals surface area contributed by atoms with Crippen LogP contribution >= 0.6 is 0 Å². The van der Waals surface area contributed by atoms with E-state index in [4.69, 9.17) is 12.2 Å². The highest BCUT2D eigenvalue weighted by Crippen LogP contribution is 2.31. The summed E-state index contributed by atoms with van der Waals surface area (Å²) in [5.74, 6) is 2.80. The van der Waals surface area contributed by atoms with E-state index in [-0.39, 0.29) is 6.54 Å². The summed E-state index contributed by atoms with van der Waals surface area (Å²) < 4.78 is 1.48. The first-order valence-electron chi connectivity index (χ1n) is 6.32. The van der Waals surface area contributed by atoms with E-state index in [2.05, 4.69) is 23.2 Å². The average Bonchev–Trinajstić information content (AvgIpc) is 2.65. The first-order valence-corrected chi connectivity index (χ1v) is 6.32. The van der Waals surface area contributed by atoms with Crippen molar-refractivity contribution in [3.8, 4) is 23.6 Å². The molecule has 0 bridgehead atoms. The number of nitrogen functional groups attached to an aromatic ring is 1. The van der Waals surface area contributed by atoms with Crippen molar-refractivity contribution in [2.24, 2.45) is 0 Å². The predicted octanol–water partition coefficient (Wildman–Crippen LogP) is 2.50. The van der Waals surface area contributed by atoms with E-state index in [0.29, 0.717) is 17.1 Å². The molecule has 2 rings (SSSR count). The number of carbonyl (C=O) groups excluding carboxylic acids is 1. The molecule has 0 saturated carbocycles. The Morgan fingerprint density at radius 3 is 2.45 bits per heavy atom. The molecule has 0 aliphatic carbocycles. The second-order valence-corrected chi connectivity index (χ2v) is 4.90. The fourth-order valence-corrected chi connectivity index (χ4v) is 2.55. The number of anilines is 1. The summed E-state index contributed by atoms with van der Waals surface area (Å²) in [6, 6.07) is 4.13. The molecular weight excluding hydrogens is 250 g/mol. The molecule has 0 aliphatic heterocycles. The number of hydrogen-bond acceptors (Lipinski definition) is 3. The monoisotopic (exact) mass is 267 g/mol. The van der Waals surface area contributed by atoms with Crippen LogP contribution in [0.25, 0.3) is 11.3 Å². The number of aromatic nitrogens is 2. The molecule has 0 fully saturated rings. The van der Waals surface area contributed by atoms with Crippen LogP contribution in [-0.4, -0.2) is 16.1 Å². The van der Waals surface area contributed by atoms with Gasteiger partial charge in [0, 0.05) is 5.56 Å². The van der Waals surface area contributed by atoms with Crippen LogP contribution in [0.3, 0.4) is 0 Å². The molecule has 2 aromatic rings. The fourth-order valence-electron chi connectivity index (χ4n) is 2.55. The molecule has 0 saturated heterocycles. The lowest BCUT2D eigenvalue weighted by molar-refractivity contribution is 0.112. The third-order valence-corrected chi connectivity index (χ3v) is 3.30. The van der Waals surface area contributed by atoms with Crippen molar-refractivity contribution in [3.63, 3.8) is 0 Å². The van der Waals surface area contributed by atoms with Gasteiger partial charge in [-0.15, -0.1) is 6.42 Å². The maximum Gasteiger partial charge on any atom is 0.156 e. The van der Waals surface area contributed by atoms with Gasteiger partial charge in [-0.3, -0.25) is 4.79 Å². The Kier molecular flexibility index (Phi) is 3.62. The standard InChI is InChI=1S/C16H17N3O/c1-5-6-19-16(17)13(9-20)15(18-19)14-11(3)7-10(2)8-12(14)4/h1,7-9H,6,17H2,2-4H3. The van der Waals surface area contributed by atoms with Crippen molar-refractivity contribution in [2.45, 2.75) is 27.3 Å². The van der Waals surface area contributed by atoms with Crippen molar-refractivity contribution in [1.29, 1.82) is 0 Å². The molecule has 4 heteroatoms. The van der Waals surface area contributed by atoms with Crippen molar-refractivity contribution in [1.82, 2.24) is 9.78 Å². The molecule has 1 aromatic carbocycles. The van der Waals surface area contributed by atoms with E-state index < -0.39 is 0 Å². The van der Waals surface area contributed by atoms with Crippen LogP contribution in [-0.2, 0) is 6.54 Å². The van der Waals surface area contributed by atoms with Crippen LogP contribution in [0.5, 0.6) is 0 Å². The summed E-state index contributed by atoms with van der Waals surface area (Å²) in [7, 11) is 0. The van der Waals surface area contributed by atoms with Gasteiger partial charge >= 0.3 is 0 Å². The van der Waals surface area contributed by atoms with Gasteiger partial charge in [0.2, 0.25) is 0 Å². The Morgan fingerprint density at radius 1 is 1.35 bits per heavy atom. The Hall–Kier alpha value is -2.54. The molecule has 0 aliphatic rings. The Balaban J connectivity index is 2.74.